The van der Waals surface area contributed by atoms with E-state index in [1.807, 2.05) is 49.1 Å². The summed E-state index contributed by atoms with van der Waals surface area (Å²) in [6.45, 7) is 10.3. The van der Waals surface area contributed by atoms with Crippen LogP contribution >= 0.6 is 0 Å². The molecule has 2 heterocycles. The van der Waals surface area contributed by atoms with E-state index in [9.17, 15) is 13.2 Å². The lowest BCUT2D eigenvalue weighted by Gasteiger charge is -2.22. The van der Waals surface area contributed by atoms with Crippen molar-refractivity contribution in [1.82, 2.24) is 4.31 Å². The summed E-state index contributed by atoms with van der Waals surface area (Å²) in [5.41, 5.74) is 4.78. The van der Waals surface area contributed by atoms with Crippen molar-refractivity contribution >= 4 is 27.3 Å². The molecule has 2 aromatic carbocycles. The van der Waals surface area contributed by atoms with Gasteiger partial charge in [0, 0.05) is 36.4 Å². The van der Waals surface area contributed by atoms with Crippen LogP contribution in [0.4, 0.5) is 11.4 Å². The van der Waals surface area contributed by atoms with Crippen LogP contribution in [0.5, 0.6) is 0 Å². The van der Waals surface area contributed by atoms with E-state index < -0.39 is 10.0 Å². The number of nitrogens with one attached hydrogen (secondary N) is 1. The molecule has 166 valence electrons. The van der Waals surface area contributed by atoms with Crippen molar-refractivity contribution in [3.05, 3.63) is 53.1 Å². The average Bonchev–Trinajstić information content (AvgIpc) is 3.32. The van der Waals surface area contributed by atoms with Crippen molar-refractivity contribution in [2.45, 2.75) is 50.8 Å². The van der Waals surface area contributed by atoms with Crippen molar-refractivity contribution in [3.8, 4) is 0 Å². The quantitative estimate of drug-likeness (QED) is 0.766. The topological polar surface area (TPSA) is 69.7 Å². The van der Waals surface area contributed by atoms with Gasteiger partial charge in [-0.3, -0.25) is 4.79 Å². The molecular weight excluding hydrogens is 410 g/mol. The molecule has 0 unspecified atom stereocenters. The van der Waals surface area contributed by atoms with Crippen LogP contribution in [0.3, 0.4) is 0 Å². The van der Waals surface area contributed by atoms with E-state index in [4.69, 9.17) is 0 Å². The Morgan fingerprint density at radius 3 is 2.42 bits per heavy atom. The minimum Gasteiger partial charge on any atom is -0.361 e. The van der Waals surface area contributed by atoms with Gasteiger partial charge in [0.25, 0.3) is 0 Å². The molecule has 0 spiro atoms. The fourth-order valence-corrected chi connectivity index (χ4v) is 6.10. The van der Waals surface area contributed by atoms with Crippen molar-refractivity contribution in [2.75, 3.05) is 36.4 Å². The van der Waals surface area contributed by atoms with Crippen LogP contribution in [0.15, 0.2) is 41.3 Å². The molecule has 0 aliphatic carbocycles. The van der Waals surface area contributed by atoms with Crippen LogP contribution < -0.4 is 10.2 Å². The summed E-state index contributed by atoms with van der Waals surface area (Å²) in [7, 11) is -3.46. The molecule has 2 aliphatic rings. The summed E-state index contributed by atoms with van der Waals surface area (Å²) in [6.07, 6.45) is 1.83. The summed E-state index contributed by atoms with van der Waals surface area (Å²) in [4.78, 5) is 15.1. The second-order valence-electron chi connectivity index (χ2n) is 9.38. The lowest BCUT2D eigenvalue weighted by Crippen LogP contribution is -2.35. The Bertz CT molecular complexity index is 1120. The molecule has 31 heavy (non-hydrogen) atoms. The van der Waals surface area contributed by atoms with Gasteiger partial charge in [-0.25, -0.2) is 8.42 Å². The first-order valence-electron chi connectivity index (χ1n) is 10.8. The van der Waals surface area contributed by atoms with Gasteiger partial charge in [-0.2, -0.15) is 4.31 Å². The second kappa shape index (κ2) is 7.95. The van der Waals surface area contributed by atoms with Gasteiger partial charge in [0.15, 0.2) is 0 Å². The molecule has 2 aliphatic heterocycles. The molecule has 4 rings (SSSR count). The number of anilines is 2. The molecule has 1 amide bonds. The van der Waals surface area contributed by atoms with Gasteiger partial charge in [-0.05, 0) is 73.7 Å². The van der Waals surface area contributed by atoms with Gasteiger partial charge in [-0.1, -0.05) is 19.9 Å². The number of nitrogens with zero attached hydrogens (tertiary/aromatic N) is 2. The first-order chi connectivity index (χ1) is 14.6. The van der Waals surface area contributed by atoms with Crippen LogP contribution in [0.1, 0.15) is 43.4 Å². The molecule has 0 radical (unpaired) electrons. The van der Waals surface area contributed by atoms with Crippen molar-refractivity contribution < 1.29 is 13.2 Å². The highest BCUT2D eigenvalue weighted by molar-refractivity contribution is 7.89. The second-order valence-corrected chi connectivity index (χ2v) is 11.3. The number of hydrogen-bond donors (Lipinski definition) is 1. The molecule has 0 bridgehead atoms. The van der Waals surface area contributed by atoms with Crippen molar-refractivity contribution in [1.29, 1.82) is 0 Å². The van der Waals surface area contributed by atoms with Gasteiger partial charge in [0.2, 0.25) is 15.9 Å². The number of carbonyl (C=O) groups excluding carboxylic acids is 1. The maximum absolute atomic E-state index is 13.0. The maximum atomic E-state index is 13.0. The third-order valence-electron chi connectivity index (χ3n) is 6.45. The SMILES string of the molecule is Cc1ccc(NC(=O)CN2CC(C)(C)c3cc(S(=O)(=O)N4CCCC4)ccc32)cc1C. The van der Waals surface area contributed by atoms with E-state index in [2.05, 4.69) is 19.2 Å². The average molecular weight is 442 g/mol. The van der Waals surface area contributed by atoms with Crippen LogP contribution in [0.2, 0.25) is 0 Å². The minimum atomic E-state index is -3.46. The first kappa shape index (κ1) is 21.8. The fraction of sp³-hybridized carbons (Fsp3) is 0.458. The van der Waals surface area contributed by atoms with E-state index in [0.29, 0.717) is 24.5 Å². The van der Waals surface area contributed by atoms with Crippen molar-refractivity contribution in [2.24, 2.45) is 0 Å². The number of amides is 1. The van der Waals surface area contributed by atoms with E-state index in [-0.39, 0.29) is 17.9 Å². The zero-order chi connectivity index (χ0) is 22.4. The van der Waals surface area contributed by atoms with Gasteiger partial charge in [0.05, 0.1) is 11.4 Å². The van der Waals surface area contributed by atoms with Gasteiger partial charge < -0.3 is 10.2 Å². The number of fused-ring (bicyclic) bond motifs is 1. The van der Waals surface area contributed by atoms with Crippen LogP contribution in [-0.2, 0) is 20.2 Å². The molecule has 1 fully saturated rings. The Balaban J connectivity index is 1.55. The lowest BCUT2D eigenvalue weighted by molar-refractivity contribution is -0.115. The summed E-state index contributed by atoms with van der Waals surface area (Å²) < 4.78 is 27.6. The molecule has 0 aromatic heterocycles. The fourth-order valence-electron chi connectivity index (χ4n) is 4.55. The van der Waals surface area contributed by atoms with Gasteiger partial charge >= 0.3 is 0 Å². The first-order valence-corrected chi connectivity index (χ1v) is 12.3. The normalized spacial score (nSPS) is 18.3. The number of sulfonamides is 1. The Hall–Kier alpha value is -2.38. The molecular formula is C24H31N3O3S. The van der Waals surface area contributed by atoms with E-state index in [1.165, 1.54) is 5.56 Å². The van der Waals surface area contributed by atoms with Crippen LogP contribution in [0.25, 0.3) is 0 Å². The molecule has 1 N–H and O–H groups in total. The predicted octanol–water partition coefficient (Wildman–Crippen LogP) is 3.82. The number of carbonyl (C=O) groups is 1. The zero-order valence-corrected chi connectivity index (χ0v) is 19.6. The van der Waals surface area contributed by atoms with Crippen LogP contribution in [0, 0.1) is 13.8 Å². The molecule has 0 atom stereocenters. The molecule has 7 heteroatoms. The highest BCUT2D eigenvalue weighted by Gasteiger charge is 2.37. The monoisotopic (exact) mass is 441 g/mol. The molecule has 0 saturated carbocycles. The van der Waals surface area contributed by atoms with Gasteiger partial charge in [0.1, 0.15) is 0 Å². The maximum Gasteiger partial charge on any atom is 0.243 e. The number of rotatable bonds is 5. The largest absolute Gasteiger partial charge is 0.361 e. The summed E-state index contributed by atoms with van der Waals surface area (Å²) in [5.74, 6) is -0.0827. The highest BCUT2D eigenvalue weighted by Crippen LogP contribution is 2.42. The zero-order valence-electron chi connectivity index (χ0n) is 18.7. The van der Waals surface area contributed by atoms with Crippen LogP contribution in [-0.4, -0.2) is 44.8 Å². The smallest absolute Gasteiger partial charge is 0.243 e. The molecule has 2 aromatic rings. The molecule has 6 nitrogen and oxygen atoms in total. The highest BCUT2D eigenvalue weighted by atomic mass is 32.2. The summed E-state index contributed by atoms with van der Waals surface area (Å²) in [6, 6.07) is 11.2. The van der Waals surface area contributed by atoms with E-state index >= 15 is 0 Å². The third kappa shape index (κ3) is 4.21. The van der Waals surface area contributed by atoms with E-state index in [1.54, 1.807) is 10.4 Å². The Kier molecular flexibility index (Phi) is 5.60. The standard InChI is InChI=1S/C24H31N3O3S/c1-17-7-8-19(13-18(17)2)25-23(28)15-26-16-24(3,4)21-14-20(9-10-22(21)26)31(29,30)27-11-5-6-12-27/h7-10,13-14H,5-6,11-12,15-16H2,1-4H3,(H,25,28). The Morgan fingerprint density at radius 2 is 1.74 bits per heavy atom. The van der Waals surface area contributed by atoms with Crippen molar-refractivity contribution in [3.63, 3.8) is 0 Å². The Labute approximate surface area is 185 Å². The third-order valence-corrected chi connectivity index (χ3v) is 8.35. The lowest BCUT2D eigenvalue weighted by atomic mass is 9.87. The number of hydrogen-bond acceptors (Lipinski definition) is 4. The summed E-state index contributed by atoms with van der Waals surface area (Å²) >= 11 is 0. The number of benzene rings is 2. The number of aryl methyl sites for hydroxylation is 2. The Morgan fingerprint density at radius 1 is 1.03 bits per heavy atom. The molecule has 1 saturated heterocycles. The van der Waals surface area contributed by atoms with Gasteiger partial charge in [-0.15, -0.1) is 0 Å². The predicted molar refractivity (Wildman–Crippen MR) is 124 cm³/mol. The van der Waals surface area contributed by atoms with E-state index in [0.717, 1.165) is 35.3 Å². The summed E-state index contributed by atoms with van der Waals surface area (Å²) in [5, 5.41) is 2.98. The minimum absolute atomic E-state index is 0.0827.